The van der Waals surface area contributed by atoms with Crippen LogP contribution < -0.4 is 15.4 Å². The predicted molar refractivity (Wildman–Crippen MR) is 119 cm³/mol. The average Bonchev–Trinajstić information content (AvgIpc) is 2.99. The van der Waals surface area contributed by atoms with Crippen molar-refractivity contribution in [3.8, 4) is 5.75 Å². The molecule has 0 bridgehead atoms. The van der Waals surface area contributed by atoms with E-state index in [-0.39, 0.29) is 11.9 Å². The van der Waals surface area contributed by atoms with Crippen molar-refractivity contribution in [1.29, 1.82) is 0 Å². The van der Waals surface area contributed by atoms with E-state index in [1.807, 2.05) is 24.3 Å². The van der Waals surface area contributed by atoms with Crippen LogP contribution in [0.1, 0.15) is 51.5 Å². The summed E-state index contributed by atoms with van der Waals surface area (Å²) in [5, 5.41) is 6.60. The number of hydrogen-bond acceptors (Lipinski definition) is 4. The number of nitrogens with one attached hydrogen (secondary N) is 2. The second kappa shape index (κ2) is 9.09. The van der Waals surface area contributed by atoms with Crippen LogP contribution >= 0.6 is 0 Å². The van der Waals surface area contributed by atoms with Gasteiger partial charge in [0.15, 0.2) is 0 Å². The number of nitrogens with zero attached hydrogens (tertiary/aromatic N) is 1. The van der Waals surface area contributed by atoms with Crippen LogP contribution in [-0.4, -0.2) is 17.5 Å². The molecule has 0 saturated carbocycles. The number of benzene rings is 2. The van der Waals surface area contributed by atoms with Gasteiger partial charge < -0.3 is 15.4 Å². The van der Waals surface area contributed by atoms with E-state index >= 15 is 0 Å². The fourth-order valence-corrected chi connectivity index (χ4v) is 3.75. The summed E-state index contributed by atoms with van der Waals surface area (Å²) in [7, 11) is 0. The molecule has 2 heterocycles. The maximum Gasteiger partial charge on any atom is 0.257 e. The first kappa shape index (κ1) is 20.1. The number of carbonyl (C=O) groups excluding carboxylic acids is 1. The van der Waals surface area contributed by atoms with Gasteiger partial charge in [0.2, 0.25) is 0 Å². The molecule has 0 aliphatic carbocycles. The first-order chi connectivity index (χ1) is 14.6. The molecule has 2 aromatic carbocycles. The van der Waals surface area contributed by atoms with Crippen molar-refractivity contribution in [2.45, 2.75) is 39.3 Å². The Morgan fingerprint density at radius 3 is 2.73 bits per heavy atom. The third-order valence-corrected chi connectivity index (χ3v) is 5.65. The molecule has 1 amide bonds. The molecule has 2 N–H and O–H groups in total. The molecule has 1 unspecified atom stereocenters. The zero-order valence-corrected chi connectivity index (χ0v) is 17.4. The maximum atomic E-state index is 12.3. The number of fused-ring (bicyclic) bond motifs is 1. The smallest absolute Gasteiger partial charge is 0.257 e. The lowest BCUT2D eigenvalue weighted by atomic mass is 9.97. The van der Waals surface area contributed by atoms with E-state index in [0.717, 1.165) is 37.4 Å². The Kier molecular flexibility index (Phi) is 6.10. The highest BCUT2D eigenvalue weighted by Gasteiger charge is 2.21. The van der Waals surface area contributed by atoms with Crippen molar-refractivity contribution < 1.29 is 9.53 Å². The average molecular weight is 402 g/mol. The second-order valence-electron chi connectivity index (χ2n) is 7.74. The van der Waals surface area contributed by atoms with Gasteiger partial charge in [0.1, 0.15) is 5.75 Å². The summed E-state index contributed by atoms with van der Waals surface area (Å²) in [6, 6.07) is 16.1. The van der Waals surface area contributed by atoms with E-state index in [9.17, 15) is 4.79 Å². The first-order valence-electron chi connectivity index (χ1n) is 10.4. The van der Waals surface area contributed by atoms with Crippen LogP contribution in [0.3, 0.4) is 0 Å². The minimum absolute atomic E-state index is 0.158. The summed E-state index contributed by atoms with van der Waals surface area (Å²) in [6.07, 6.45) is 5.30. The number of pyridine rings is 1. The molecule has 154 valence electrons. The van der Waals surface area contributed by atoms with Crippen molar-refractivity contribution >= 4 is 11.6 Å². The van der Waals surface area contributed by atoms with Crippen LogP contribution in [0.2, 0.25) is 0 Å². The van der Waals surface area contributed by atoms with E-state index < -0.39 is 0 Å². The summed E-state index contributed by atoms with van der Waals surface area (Å²) >= 11 is 0. The number of carbonyl (C=O) groups is 1. The molecular formula is C25H27N3O2. The molecule has 5 nitrogen and oxygen atoms in total. The lowest BCUT2D eigenvalue weighted by Gasteiger charge is -2.20. The molecule has 1 atom stereocenters. The minimum Gasteiger partial charge on any atom is -0.493 e. The van der Waals surface area contributed by atoms with Gasteiger partial charge in [0.05, 0.1) is 12.2 Å². The predicted octanol–water partition coefficient (Wildman–Crippen LogP) is 4.95. The van der Waals surface area contributed by atoms with Gasteiger partial charge in [-0.25, -0.2) is 0 Å². The van der Waals surface area contributed by atoms with E-state index in [1.165, 1.54) is 22.3 Å². The largest absolute Gasteiger partial charge is 0.493 e. The Morgan fingerprint density at radius 2 is 1.97 bits per heavy atom. The number of aryl methyl sites for hydroxylation is 1. The molecule has 1 aliphatic heterocycles. The number of ether oxygens (including phenoxy) is 1. The highest BCUT2D eigenvalue weighted by Crippen LogP contribution is 2.35. The van der Waals surface area contributed by atoms with Gasteiger partial charge in [0, 0.05) is 36.2 Å². The molecule has 3 aromatic rings. The van der Waals surface area contributed by atoms with E-state index in [2.05, 4.69) is 41.6 Å². The summed E-state index contributed by atoms with van der Waals surface area (Å²) in [5.41, 5.74) is 6.23. The summed E-state index contributed by atoms with van der Waals surface area (Å²) in [5.74, 6) is 0.883. The topological polar surface area (TPSA) is 63.2 Å². The molecule has 4 rings (SSSR count). The Morgan fingerprint density at radius 1 is 1.13 bits per heavy atom. The second-order valence-corrected chi connectivity index (χ2v) is 7.74. The number of hydrogen-bond donors (Lipinski definition) is 2. The van der Waals surface area contributed by atoms with Gasteiger partial charge >= 0.3 is 0 Å². The van der Waals surface area contributed by atoms with Crippen LogP contribution in [0, 0.1) is 13.8 Å². The van der Waals surface area contributed by atoms with Crippen LogP contribution in [0.5, 0.6) is 5.75 Å². The zero-order chi connectivity index (χ0) is 20.9. The molecular weight excluding hydrogens is 374 g/mol. The Hall–Kier alpha value is -3.18. The quantitative estimate of drug-likeness (QED) is 0.635. The number of aromatic nitrogens is 1. The Balaban J connectivity index is 1.40. The lowest BCUT2D eigenvalue weighted by Crippen LogP contribution is -2.21. The molecule has 0 saturated heterocycles. The van der Waals surface area contributed by atoms with Gasteiger partial charge in [-0.2, -0.15) is 0 Å². The highest BCUT2D eigenvalue weighted by molar-refractivity contribution is 6.03. The fraction of sp³-hybridized carbons (Fsp3) is 0.280. The van der Waals surface area contributed by atoms with Crippen molar-refractivity contribution in [2.24, 2.45) is 0 Å². The number of rotatable bonds is 5. The van der Waals surface area contributed by atoms with Crippen molar-refractivity contribution in [3.05, 3.63) is 88.7 Å². The van der Waals surface area contributed by atoms with E-state index in [1.54, 1.807) is 24.5 Å². The summed E-state index contributed by atoms with van der Waals surface area (Å²) < 4.78 is 6.05. The first-order valence-corrected chi connectivity index (χ1v) is 10.4. The van der Waals surface area contributed by atoms with Gasteiger partial charge in [0.25, 0.3) is 5.91 Å². The van der Waals surface area contributed by atoms with Crippen molar-refractivity contribution in [1.82, 2.24) is 10.3 Å². The third kappa shape index (κ3) is 4.52. The fourth-order valence-electron chi connectivity index (χ4n) is 3.75. The molecule has 1 aliphatic rings. The molecule has 1 aromatic heterocycles. The number of amides is 1. The molecule has 0 radical (unpaired) electrons. The number of anilines is 1. The van der Waals surface area contributed by atoms with Gasteiger partial charge in [-0.15, -0.1) is 0 Å². The highest BCUT2D eigenvalue weighted by atomic mass is 16.5. The summed E-state index contributed by atoms with van der Waals surface area (Å²) in [4.78, 5) is 16.2. The van der Waals surface area contributed by atoms with Gasteiger partial charge in [-0.05, 0) is 67.6 Å². The molecule has 0 spiro atoms. The van der Waals surface area contributed by atoms with E-state index in [0.29, 0.717) is 5.56 Å². The molecule has 5 heteroatoms. The Labute approximate surface area is 177 Å². The summed E-state index contributed by atoms with van der Waals surface area (Å²) in [6.45, 7) is 5.78. The minimum atomic E-state index is -0.158. The lowest BCUT2D eigenvalue weighted by molar-refractivity contribution is 0.102. The molecule has 30 heavy (non-hydrogen) atoms. The van der Waals surface area contributed by atoms with Crippen LogP contribution in [0.25, 0.3) is 0 Å². The van der Waals surface area contributed by atoms with Crippen molar-refractivity contribution in [2.75, 3.05) is 11.9 Å². The van der Waals surface area contributed by atoms with Gasteiger partial charge in [-0.1, -0.05) is 24.3 Å². The maximum absolute atomic E-state index is 12.3. The monoisotopic (exact) mass is 401 g/mol. The van der Waals surface area contributed by atoms with Crippen LogP contribution in [-0.2, 0) is 6.54 Å². The normalized spacial score (nSPS) is 15.6. The Bertz CT molecular complexity index is 1020. The van der Waals surface area contributed by atoms with Gasteiger partial charge in [-0.3, -0.25) is 9.78 Å². The van der Waals surface area contributed by atoms with Crippen LogP contribution in [0.15, 0.2) is 60.9 Å². The SMILES string of the molecule is Cc1ccc2c(c1C)OCCCC2NCc1ccc(NC(=O)c2cccnc2)cc1. The zero-order valence-electron chi connectivity index (χ0n) is 17.4. The van der Waals surface area contributed by atoms with E-state index in [4.69, 9.17) is 4.74 Å². The third-order valence-electron chi connectivity index (χ3n) is 5.65. The molecule has 0 fully saturated rings. The standard InChI is InChI=1S/C25H27N3O2/c1-17-7-12-22-23(6-4-14-30-24(22)18(17)2)27-15-19-8-10-21(11-9-19)28-25(29)20-5-3-13-26-16-20/h3,5,7-13,16,23,27H,4,6,14-15H2,1-2H3,(H,28,29). The van der Waals surface area contributed by atoms with Crippen molar-refractivity contribution in [3.63, 3.8) is 0 Å². The van der Waals surface area contributed by atoms with Crippen LogP contribution in [0.4, 0.5) is 5.69 Å².